The van der Waals surface area contributed by atoms with Gasteiger partial charge in [0.15, 0.2) is 28.9 Å². The van der Waals surface area contributed by atoms with Crippen molar-refractivity contribution in [1.82, 2.24) is 14.8 Å². The van der Waals surface area contributed by atoms with Crippen LogP contribution in [0.4, 0.5) is 23.4 Å². The lowest BCUT2D eigenvalue weighted by atomic mass is 10.1. The first-order valence-electron chi connectivity index (χ1n) is 7.73. The molecule has 0 saturated heterocycles. The Morgan fingerprint density at radius 2 is 1.81 bits per heavy atom. The molecule has 0 unspecified atom stereocenters. The van der Waals surface area contributed by atoms with Crippen LogP contribution in [0.5, 0.6) is 0 Å². The number of aromatic nitrogens is 3. The average Bonchev–Trinajstić information content (AvgIpc) is 2.93. The molecular formula is C17H13ClF4N4O. The molecule has 0 aliphatic rings. The number of rotatable bonds is 4. The van der Waals surface area contributed by atoms with Crippen molar-refractivity contribution in [2.24, 2.45) is 7.05 Å². The number of halogens is 5. The minimum Gasteiger partial charge on any atom is -0.291 e. The Labute approximate surface area is 156 Å². The van der Waals surface area contributed by atoms with E-state index >= 15 is 0 Å². The molecular weight excluding hydrogens is 388 g/mol. The first-order valence-corrected chi connectivity index (χ1v) is 8.26. The van der Waals surface area contributed by atoms with Gasteiger partial charge in [0.2, 0.25) is 5.91 Å². The van der Waals surface area contributed by atoms with Gasteiger partial charge in [-0.05, 0) is 19.1 Å². The summed E-state index contributed by atoms with van der Waals surface area (Å²) in [7, 11) is 1.64. The maximum atomic E-state index is 14.0. The Morgan fingerprint density at radius 1 is 1.19 bits per heavy atom. The fraction of sp³-hybridized carbons (Fsp3) is 0.235. The number of fused-ring (bicyclic) bond motifs is 1. The Bertz CT molecular complexity index is 1030. The van der Waals surface area contributed by atoms with Crippen LogP contribution in [0.1, 0.15) is 11.3 Å². The second-order valence-electron chi connectivity index (χ2n) is 5.81. The number of amides is 1. The summed E-state index contributed by atoms with van der Waals surface area (Å²) >= 11 is 5.59. The summed E-state index contributed by atoms with van der Waals surface area (Å²) in [6.45, 7) is 0.985. The Kier molecular flexibility index (Phi) is 5.05. The van der Waals surface area contributed by atoms with Crippen LogP contribution >= 0.6 is 11.6 Å². The van der Waals surface area contributed by atoms with Gasteiger partial charge in [0.25, 0.3) is 0 Å². The normalized spacial score (nSPS) is 11.2. The second-order valence-corrected chi connectivity index (χ2v) is 6.08. The van der Waals surface area contributed by atoms with E-state index in [4.69, 9.17) is 11.6 Å². The van der Waals surface area contributed by atoms with E-state index in [1.807, 2.05) is 0 Å². The van der Waals surface area contributed by atoms with Crippen molar-refractivity contribution in [2.75, 3.05) is 10.8 Å². The molecule has 0 bridgehead atoms. The molecule has 0 radical (unpaired) electrons. The first-order chi connectivity index (χ1) is 12.7. The Hall–Kier alpha value is -2.68. The van der Waals surface area contributed by atoms with Crippen LogP contribution in [0.3, 0.4) is 0 Å². The third kappa shape index (κ3) is 3.34. The minimum atomic E-state index is -1.58. The standard InChI is InChI=1S/C17H13ClF4N4O/c1-8-9-3-4-13(23-17(9)25(2)24-8)26(14(27)6-18)7-10-15(21)11(19)5-12(20)16(10)22/h3-5H,6-7H2,1-2H3. The molecule has 0 saturated carbocycles. The monoisotopic (exact) mass is 400 g/mol. The first kappa shape index (κ1) is 19.1. The van der Waals surface area contributed by atoms with Gasteiger partial charge in [-0.1, -0.05) is 0 Å². The topological polar surface area (TPSA) is 51.0 Å². The SMILES string of the molecule is Cc1nn(C)c2nc(N(Cc3c(F)c(F)cc(F)c3F)C(=O)CCl)ccc12. The van der Waals surface area contributed by atoms with Gasteiger partial charge in [-0.3, -0.25) is 14.4 Å². The number of alkyl halides is 1. The van der Waals surface area contributed by atoms with Crippen molar-refractivity contribution >= 4 is 34.4 Å². The van der Waals surface area contributed by atoms with Crippen LogP contribution < -0.4 is 4.90 Å². The smallest absolute Gasteiger partial charge is 0.243 e. The van der Waals surface area contributed by atoms with Crippen molar-refractivity contribution in [3.8, 4) is 0 Å². The second kappa shape index (κ2) is 7.15. The van der Waals surface area contributed by atoms with Gasteiger partial charge >= 0.3 is 0 Å². The predicted octanol–water partition coefficient (Wildman–Crippen LogP) is 3.61. The third-order valence-electron chi connectivity index (χ3n) is 4.07. The summed E-state index contributed by atoms with van der Waals surface area (Å²) < 4.78 is 56.5. The average molecular weight is 401 g/mol. The van der Waals surface area contributed by atoms with Gasteiger partial charge < -0.3 is 0 Å². The number of hydrogen-bond donors (Lipinski definition) is 0. The molecule has 10 heteroatoms. The lowest BCUT2D eigenvalue weighted by Gasteiger charge is -2.22. The van der Waals surface area contributed by atoms with Gasteiger partial charge in [0.1, 0.15) is 11.7 Å². The highest BCUT2D eigenvalue weighted by atomic mass is 35.5. The number of carbonyl (C=O) groups excluding carboxylic acids is 1. The van der Waals surface area contributed by atoms with Crippen LogP contribution in [0.2, 0.25) is 0 Å². The van der Waals surface area contributed by atoms with Crippen LogP contribution in [0.25, 0.3) is 11.0 Å². The van der Waals surface area contributed by atoms with Crippen LogP contribution in [-0.4, -0.2) is 26.6 Å². The number of benzene rings is 1. The number of nitrogens with zero attached hydrogens (tertiary/aromatic N) is 4. The molecule has 5 nitrogen and oxygen atoms in total. The van der Waals surface area contributed by atoms with E-state index in [0.717, 1.165) is 4.90 Å². The highest BCUT2D eigenvalue weighted by molar-refractivity contribution is 6.29. The predicted molar refractivity (Wildman–Crippen MR) is 91.4 cm³/mol. The lowest BCUT2D eigenvalue weighted by molar-refractivity contribution is -0.116. The largest absolute Gasteiger partial charge is 0.291 e. The highest BCUT2D eigenvalue weighted by Gasteiger charge is 2.25. The molecule has 27 heavy (non-hydrogen) atoms. The van der Waals surface area contributed by atoms with Crippen molar-refractivity contribution in [3.63, 3.8) is 0 Å². The zero-order valence-electron chi connectivity index (χ0n) is 14.2. The fourth-order valence-corrected chi connectivity index (χ4v) is 2.88. The van der Waals surface area contributed by atoms with E-state index in [-0.39, 0.29) is 11.9 Å². The molecule has 3 rings (SSSR count). The molecule has 2 aromatic heterocycles. The number of hydrogen-bond acceptors (Lipinski definition) is 3. The zero-order valence-corrected chi connectivity index (χ0v) is 15.0. The lowest BCUT2D eigenvalue weighted by Crippen LogP contribution is -2.33. The molecule has 142 valence electrons. The Balaban J connectivity index is 2.11. The quantitative estimate of drug-likeness (QED) is 0.382. The summed E-state index contributed by atoms with van der Waals surface area (Å²) in [6.07, 6.45) is 0. The van der Waals surface area contributed by atoms with Gasteiger partial charge in [0, 0.05) is 24.1 Å². The molecule has 0 aliphatic heterocycles. The van der Waals surface area contributed by atoms with Crippen LogP contribution in [-0.2, 0) is 18.4 Å². The van der Waals surface area contributed by atoms with Gasteiger partial charge in [0.05, 0.1) is 12.2 Å². The van der Waals surface area contributed by atoms with Gasteiger partial charge in [-0.15, -0.1) is 11.6 Å². The van der Waals surface area contributed by atoms with Crippen molar-refractivity contribution < 1.29 is 22.4 Å². The van der Waals surface area contributed by atoms with E-state index in [0.29, 0.717) is 16.7 Å². The number of carbonyl (C=O) groups is 1. The molecule has 0 spiro atoms. The van der Waals surface area contributed by atoms with Crippen molar-refractivity contribution in [2.45, 2.75) is 13.5 Å². The van der Waals surface area contributed by atoms with Crippen molar-refractivity contribution in [3.05, 3.63) is 52.7 Å². The third-order valence-corrected chi connectivity index (χ3v) is 4.30. The molecule has 0 atom stereocenters. The fourth-order valence-electron chi connectivity index (χ4n) is 2.73. The van der Waals surface area contributed by atoms with Gasteiger partial charge in [-0.2, -0.15) is 5.10 Å². The number of anilines is 1. The number of pyridine rings is 1. The summed E-state index contributed by atoms with van der Waals surface area (Å²) in [4.78, 5) is 17.4. The van der Waals surface area contributed by atoms with Crippen LogP contribution in [0.15, 0.2) is 18.2 Å². The maximum absolute atomic E-state index is 14.0. The summed E-state index contributed by atoms with van der Waals surface area (Å²) in [5, 5.41) is 4.91. The van der Waals surface area contributed by atoms with E-state index in [9.17, 15) is 22.4 Å². The number of aryl methyl sites for hydroxylation is 2. The minimum absolute atomic E-state index is 0.0135. The van der Waals surface area contributed by atoms with Crippen molar-refractivity contribution in [1.29, 1.82) is 0 Å². The molecule has 1 amide bonds. The molecule has 0 aliphatic carbocycles. The van der Waals surface area contributed by atoms with Crippen LogP contribution in [0, 0.1) is 30.2 Å². The zero-order chi connectivity index (χ0) is 19.9. The van der Waals surface area contributed by atoms with E-state index in [1.165, 1.54) is 10.7 Å². The maximum Gasteiger partial charge on any atom is 0.243 e. The molecule has 3 aromatic rings. The summed E-state index contributed by atoms with van der Waals surface area (Å²) in [6, 6.07) is 3.17. The highest BCUT2D eigenvalue weighted by Crippen LogP contribution is 2.25. The van der Waals surface area contributed by atoms with E-state index in [1.54, 1.807) is 20.0 Å². The van der Waals surface area contributed by atoms with E-state index in [2.05, 4.69) is 10.1 Å². The van der Waals surface area contributed by atoms with E-state index < -0.39 is 47.2 Å². The Morgan fingerprint density at radius 3 is 2.41 bits per heavy atom. The molecule has 0 fully saturated rings. The summed E-state index contributed by atoms with van der Waals surface area (Å²) in [5.41, 5.74) is 0.184. The molecule has 1 aromatic carbocycles. The molecule has 2 heterocycles. The molecule has 0 N–H and O–H groups in total. The summed E-state index contributed by atoms with van der Waals surface area (Å²) in [5.74, 6) is -7.55. The van der Waals surface area contributed by atoms with Gasteiger partial charge in [-0.25, -0.2) is 22.5 Å².